The molecule has 0 aromatic heterocycles. The van der Waals surface area contributed by atoms with Gasteiger partial charge in [-0.05, 0) is 55.9 Å². The quantitative estimate of drug-likeness (QED) is 0.796. The molecule has 0 aliphatic heterocycles. The number of hydrogen-bond donors (Lipinski definition) is 1. The average Bonchev–Trinajstić information content (AvgIpc) is 2.07. The van der Waals surface area contributed by atoms with Gasteiger partial charge in [0.05, 0.1) is 0 Å². The molecule has 2 N–H and O–H groups in total. The third-order valence-corrected chi connectivity index (χ3v) is 3.43. The van der Waals surface area contributed by atoms with Crippen LogP contribution >= 0.6 is 11.6 Å². The Morgan fingerprint density at radius 2 is 2.14 bits per heavy atom. The monoisotopic (exact) mass is 209 g/mol. The number of halogens is 1. The van der Waals surface area contributed by atoms with E-state index in [2.05, 4.69) is 13.0 Å². The maximum Gasteiger partial charge on any atom is 0.0408 e. The molecule has 1 aromatic rings. The van der Waals surface area contributed by atoms with Crippen molar-refractivity contribution in [1.29, 1.82) is 0 Å². The Kier molecular flexibility index (Phi) is 2.54. The van der Waals surface area contributed by atoms with E-state index in [0.717, 1.165) is 24.3 Å². The van der Waals surface area contributed by atoms with Crippen molar-refractivity contribution < 1.29 is 0 Å². The summed E-state index contributed by atoms with van der Waals surface area (Å²) < 4.78 is 0. The maximum atomic E-state index is 6.21. The lowest BCUT2D eigenvalue weighted by Crippen LogP contribution is -2.48. The van der Waals surface area contributed by atoms with Crippen LogP contribution in [0.25, 0.3) is 0 Å². The molecule has 1 saturated carbocycles. The summed E-state index contributed by atoms with van der Waals surface area (Å²) in [4.78, 5) is 0. The number of aryl methyl sites for hydroxylation is 1. The largest absolute Gasteiger partial charge is 0.325 e. The minimum atomic E-state index is 0.0680. The van der Waals surface area contributed by atoms with E-state index in [-0.39, 0.29) is 5.54 Å². The lowest BCUT2D eigenvalue weighted by atomic mass is 9.73. The van der Waals surface area contributed by atoms with Crippen LogP contribution in [-0.4, -0.2) is 5.54 Å². The van der Waals surface area contributed by atoms with Crippen molar-refractivity contribution >= 4 is 11.6 Å². The van der Waals surface area contributed by atoms with E-state index in [9.17, 15) is 0 Å². The fraction of sp³-hybridized carbons (Fsp3) is 0.500. The number of hydrogen-bond acceptors (Lipinski definition) is 1. The summed E-state index contributed by atoms with van der Waals surface area (Å²) in [5, 5.41) is 0.811. The van der Waals surface area contributed by atoms with E-state index >= 15 is 0 Å². The zero-order chi connectivity index (χ0) is 10.2. The van der Waals surface area contributed by atoms with Crippen LogP contribution in [0.1, 0.15) is 30.4 Å². The minimum absolute atomic E-state index is 0.0680. The average molecular weight is 210 g/mol. The predicted molar refractivity (Wildman–Crippen MR) is 60.7 cm³/mol. The molecule has 1 nitrogen and oxygen atoms in total. The second-order valence-electron chi connectivity index (χ2n) is 4.46. The van der Waals surface area contributed by atoms with E-state index in [1.54, 1.807) is 0 Å². The Morgan fingerprint density at radius 3 is 2.64 bits per heavy atom. The summed E-state index contributed by atoms with van der Waals surface area (Å²) in [6, 6.07) is 6.06. The zero-order valence-electron chi connectivity index (χ0n) is 8.52. The lowest BCUT2D eigenvalue weighted by molar-refractivity contribution is 0.247. The van der Waals surface area contributed by atoms with Gasteiger partial charge in [-0.2, -0.15) is 0 Å². The molecule has 0 radical (unpaired) electrons. The molecule has 0 heterocycles. The first-order valence-corrected chi connectivity index (χ1v) is 5.51. The van der Waals surface area contributed by atoms with Gasteiger partial charge in [0.2, 0.25) is 0 Å². The van der Waals surface area contributed by atoms with Gasteiger partial charge in [-0.15, -0.1) is 0 Å². The normalized spacial score (nSPS) is 19.1. The molecule has 1 fully saturated rings. The Bertz CT molecular complexity index is 342. The highest BCUT2D eigenvalue weighted by atomic mass is 35.5. The van der Waals surface area contributed by atoms with Crippen LogP contribution in [0.3, 0.4) is 0 Å². The summed E-state index contributed by atoms with van der Waals surface area (Å²) in [7, 11) is 0. The molecular formula is C12H16ClN. The van der Waals surface area contributed by atoms with Gasteiger partial charge in [0.1, 0.15) is 0 Å². The summed E-state index contributed by atoms with van der Waals surface area (Å²) in [6.07, 6.45) is 4.60. The van der Waals surface area contributed by atoms with Crippen LogP contribution < -0.4 is 5.73 Å². The van der Waals surface area contributed by atoms with Crippen LogP contribution in [0.5, 0.6) is 0 Å². The second kappa shape index (κ2) is 3.56. The van der Waals surface area contributed by atoms with Crippen molar-refractivity contribution in [3.05, 3.63) is 34.3 Å². The summed E-state index contributed by atoms with van der Waals surface area (Å²) in [5.41, 5.74) is 8.88. The third kappa shape index (κ3) is 1.94. The Hall–Kier alpha value is -0.530. The summed E-state index contributed by atoms with van der Waals surface area (Å²) in [6.45, 7) is 2.10. The van der Waals surface area contributed by atoms with Gasteiger partial charge in [0, 0.05) is 10.6 Å². The highest BCUT2D eigenvalue weighted by Gasteiger charge is 2.32. The van der Waals surface area contributed by atoms with Crippen LogP contribution in [0, 0.1) is 6.92 Å². The standard InChI is InChI=1S/C12H16ClN/c1-9-7-11(13)4-3-10(9)8-12(14)5-2-6-12/h3-4,7H,2,5-6,8,14H2,1H3. The summed E-state index contributed by atoms with van der Waals surface area (Å²) >= 11 is 5.90. The van der Waals surface area contributed by atoms with Crippen LogP contribution in [-0.2, 0) is 6.42 Å². The van der Waals surface area contributed by atoms with Gasteiger partial charge < -0.3 is 5.73 Å². The highest BCUT2D eigenvalue weighted by molar-refractivity contribution is 6.30. The Balaban J connectivity index is 2.16. The molecule has 2 heteroatoms. The van der Waals surface area contributed by atoms with Gasteiger partial charge in [-0.25, -0.2) is 0 Å². The maximum absolute atomic E-state index is 6.21. The fourth-order valence-corrected chi connectivity index (χ4v) is 2.27. The lowest BCUT2D eigenvalue weighted by Gasteiger charge is -2.38. The van der Waals surface area contributed by atoms with E-state index in [1.807, 2.05) is 12.1 Å². The first kappa shape index (κ1) is 10.0. The number of benzene rings is 1. The van der Waals surface area contributed by atoms with Gasteiger partial charge >= 0.3 is 0 Å². The van der Waals surface area contributed by atoms with Crippen LogP contribution in [0.4, 0.5) is 0 Å². The molecule has 0 atom stereocenters. The molecule has 14 heavy (non-hydrogen) atoms. The molecular weight excluding hydrogens is 194 g/mol. The van der Waals surface area contributed by atoms with Crippen LogP contribution in [0.2, 0.25) is 5.02 Å². The fourth-order valence-electron chi connectivity index (χ4n) is 2.04. The molecule has 1 aliphatic carbocycles. The van der Waals surface area contributed by atoms with Gasteiger partial charge in [0.15, 0.2) is 0 Å². The molecule has 0 saturated heterocycles. The molecule has 1 aliphatic rings. The van der Waals surface area contributed by atoms with Crippen molar-refractivity contribution in [2.24, 2.45) is 5.73 Å². The highest BCUT2D eigenvalue weighted by Crippen LogP contribution is 2.33. The molecule has 1 aromatic carbocycles. The Morgan fingerprint density at radius 1 is 1.43 bits per heavy atom. The topological polar surface area (TPSA) is 26.0 Å². The molecule has 0 unspecified atom stereocenters. The van der Waals surface area contributed by atoms with E-state index < -0.39 is 0 Å². The van der Waals surface area contributed by atoms with E-state index in [1.165, 1.54) is 17.5 Å². The van der Waals surface area contributed by atoms with Crippen molar-refractivity contribution in [1.82, 2.24) is 0 Å². The molecule has 0 amide bonds. The van der Waals surface area contributed by atoms with Crippen molar-refractivity contribution in [2.75, 3.05) is 0 Å². The first-order chi connectivity index (χ1) is 6.59. The molecule has 2 rings (SSSR count). The molecule has 0 bridgehead atoms. The SMILES string of the molecule is Cc1cc(Cl)ccc1CC1(N)CCC1. The van der Waals surface area contributed by atoms with Gasteiger partial charge in [-0.1, -0.05) is 17.7 Å². The third-order valence-electron chi connectivity index (χ3n) is 3.20. The summed E-state index contributed by atoms with van der Waals surface area (Å²) in [5.74, 6) is 0. The first-order valence-electron chi connectivity index (χ1n) is 5.13. The van der Waals surface area contributed by atoms with Gasteiger partial charge in [-0.3, -0.25) is 0 Å². The molecule has 76 valence electrons. The number of rotatable bonds is 2. The minimum Gasteiger partial charge on any atom is -0.325 e. The smallest absolute Gasteiger partial charge is 0.0408 e. The second-order valence-corrected chi connectivity index (χ2v) is 4.90. The zero-order valence-corrected chi connectivity index (χ0v) is 9.27. The molecule has 0 spiro atoms. The Labute approximate surface area is 90.3 Å². The van der Waals surface area contributed by atoms with Crippen molar-refractivity contribution in [3.63, 3.8) is 0 Å². The van der Waals surface area contributed by atoms with Crippen LogP contribution in [0.15, 0.2) is 18.2 Å². The van der Waals surface area contributed by atoms with Crippen molar-refractivity contribution in [2.45, 2.75) is 38.1 Å². The number of nitrogens with two attached hydrogens (primary N) is 1. The van der Waals surface area contributed by atoms with E-state index in [0.29, 0.717) is 0 Å². The van der Waals surface area contributed by atoms with E-state index in [4.69, 9.17) is 17.3 Å². The van der Waals surface area contributed by atoms with Crippen molar-refractivity contribution in [3.8, 4) is 0 Å². The van der Waals surface area contributed by atoms with Gasteiger partial charge in [0.25, 0.3) is 0 Å². The predicted octanol–water partition coefficient (Wildman–Crippen LogP) is 3.07.